The summed E-state index contributed by atoms with van der Waals surface area (Å²) in [6.07, 6.45) is 1.05. The number of thioether (sulfide) groups is 1. The van der Waals surface area contributed by atoms with Crippen molar-refractivity contribution in [3.8, 4) is 0 Å². The highest BCUT2D eigenvalue weighted by atomic mass is 32.2. The van der Waals surface area contributed by atoms with E-state index >= 15 is 0 Å². The first-order chi connectivity index (χ1) is 9.19. The molecule has 1 fully saturated rings. The van der Waals surface area contributed by atoms with Crippen molar-refractivity contribution in [2.24, 2.45) is 0 Å². The van der Waals surface area contributed by atoms with Gasteiger partial charge in [0.2, 0.25) is 5.91 Å². The van der Waals surface area contributed by atoms with Gasteiger partial charge in [-0.1, -0.05) is 0 Å². The van der Waals surface area contributed by atoms with Gasteiger partial charge in [0.1, 0.15) is 0 Å². The molecule has 1 saturated heterocycles. The Balaban J connectivity index is 1.96. The molecule has 1 aliphatic rings. The van der Waals surface area contributed by atoms with Crippen LogP contribution in [0.15, 0.2) is 29.2 Å². The predicted molar refractivity (Wildman–Crippen MR) is 78.7 cm³/mol. The van der Waals surface area contributed by atoms with Crippen LogP contribution in [0.4, 0.5) is 5.69 Å². The van der Waals surface area contributed by atoms with Gasteiger partial charge in [-0.15, -0.1) is 11.8 Å². The Morgan fingerprint density at radius 1 is 1.37 bits per heavy atom. The molecule has 0 saturated carbocycles. The van der Waals surface area contributed by atoms with Gasteiger partial charge in [0.25, 0.3) is 0 Å². The van der Waals surface area contributed by atoms with Crippen molar-refractivity contribution >= 4 is 23.4 Å². The molecule has 2 N–H and O–H groups in total. The average molecular weight is 280 g/mol. The minimum absolute atomic E-state index is 0.0451. The van der Waals surface area contributed by atoms with E-state index in [9.17, 15) is 4.79 Å². The zero-order valence-electron chi connectivity index (χ0n) is 11.3. The second-order valence-corrected chi connectivity index (χ2v) is 5.93. The van der Waals surface area contributed by atoms with Crippen molar-refractivity contribution < 1.29 is 9.53 Å². The Kier molecular flexibility index (Phi) is 5.24. The molecule has 104 valence electrons. The number of carbonyl (C=O) groups excluding carboxylic acids is 1. The van der Waals surface area contributed by atoms with Crippen LogP contribution >= 0.6 is 11.8 Å². The molecule has 5 heteroatoms. The molecule has 0 aliphatic carbocycles. The molecule has 1 amide bonds. The predicted octanol–water partition coefficient (Wildman–Crippen LogP) is 2.11. The van der Waals surface area contributed by atoms with Gasteiger partial charge < -0.3 is 15.4 Å². The first kappa shape index (κ1) is 14.4. The number of ether oxygens (including phenoxy) is 1. The quantitative estimate of drug-likeness (QED) is 0.887. The Bertz CT molecular complexity index is 422. The van der Waals surface area contributed by atoms with Crippen molar-refractivity contribution in [3.63, 3.8) is 0 Å². The van der Waals surface area contributed by atoms with Gasteiger partial charge in [-0.2, -0.15) is 0 Å². The summed E-state index contributed by atoms with van der Waals surface area (Å²) in [5.41, 5.74) is 0.835. The summed E-state index contributed by atoms with van der Waals surface area (Å²) >= 11 is 1.82. The third kappa shape index (κ3) is 4.23. The molecule has 0 radical (unpaired) electrons. The van der Waals surface area contributed by atoms with E-state index < -0.39 is 0 Å². The smallest absolute Gasteiger partial charge is 0.221 e. The van der Waals surface area contributed by atoms with Gasteiger partial charge in [0.15, 0.2) is 0 Å². The molecule has 0 spiro atoms. The van der Waals surface area contributed by atoms with Crippen LogP contribution in [-0.2, 0) is 9.53 Å². The van der Waals surface area contributed by atoms with E-state index in [0.717, 1.165) is 25.3 Å². The highest BCUT2D eigenvalue weighted by Gasteiger charge is 2.25. The van der Waals surface area contributed by atoms with Crippen molar-refractivity contribution in [3.05, 3.63) is 24.3 Å². The number of rotatable bonds is 4. The fourth-order valence-corrected chi connectivity index (χ4v) is 3.40. The molecular formula is C14H20N2O2S. The lowest BCUT2D eigenvalue weighted by Crippen LogP contribution is -2.43. The van der Waals surface area contributed by atoms with E-state index in [4.69, 9.17) is 4.74 Å². The summed E-state index contributed by atoms with van der Waals surface area (Å²) in [5.74, 6) is -0.0451. The van der Waals surface area contributed by atoms with Gasteiger partial charge in [-0.05, 0) is 37.7 Å². The summed E-state index contributed by atoms with van der Waals surface area (Å²) in [6.45, 7) is 3.13. The Morgan fingerprint density at radius 2 is 2.11 bits per heavy atom. The van der Waals surface area contributed by atoms with E-state index in [1.807, 2.05) is 43.1 Å². The van der Waals surface area contributed by atoms with E-state index in [-0.39, 0.29) is 5.91 Å². The Hall–Kier alpha value is -1.04. The van der Waals surface area contributed by atoms with E-state index in [2.05, 4.69) is 10.6 Å². The van der Waals surface area contributed by atoms with Crippen LogP contribution in [0.2, 0.25) is 0 Å². The average Bonchev–Trinajstić information content (AvgIpc) is 2.41. The van der Waals surface area contributed by atoms with Crippen LogP contribution in [0.1, 0.15) is 13.3 Å². The Labute approximate surface area is 118 Å². The minimum Gasteiger partial charge on any atom is -0.380 e. The molecule has 0 bridgehead atoms. The summed E-state index contributed by atoms with van der Waals surface area (Å²) in [5, 5.41) is 6.56. The molecule has 1 aromatic rings. The number of anilines is 1. The van der Waals surface area contributed by atoms with Crippen LogP contribution in [0.3, 0.4) is 0 Å². The van der Waals surface area contributed by atoms with Gasteiger partial charge in [0, 0.05) is 35.4 Å². The van der Waals surface area contributed by atoms with Crippen molar-refractivity contribution in [2.45, 2.75) is 29.5 Å². The topological polar surface area (TPSA) is 50.4 Å². The maximum absolute atomic E-state index is 11.0. The molecule has 19 heavy (non-hydrogen) atoms. The second kappa shape index (κ2) is 6.93. The molecule has 1 aliphatic heterocycles. The van der Waals surface area contributed by atoms with Crippen LogP contribution in [-0.4, -0.2) is 37.5 Å². The first-order valence-electron chi connectivity index (χ1n) is 6.48. The number of nitrogens with one attached hydrogen (secondary N) is 2. The highest BCUT2D eigenvalue weighted by Crippen LogP contribution is 2.29. The maximum Gasteiger partial charge on any atom is 0.221 e. The second-order valence-electron chi connectivity index (χ2n) is 4.62. The lowest BCUT2D eigenvalue weighted by molar-refractivity contribution is -0.114. The van der Waals surface area contributed by atoms with Crippen molar-refractivity contribution in [1.82, 2.24) is 5.32 Å². The lowest BCUT2D eigenvalue weighted by atomic mass is 10.1. The fraction of sp³-hybridized carbons (Fsp3) is 0.500. The SMILES string of the molecule is CNC1CCOCC1Sc1ccc(NC(C)=O)cc1. The summed E-state index contributed by atoms with van der Waals surface area (Å²) < 4.78 is 5.54. The molecular weight excluding hydrogens is 260 g/mol. The first-order valence-corrected chi connectivity index (χ1v) is 7.36. The molecule has 2 unspecified atom stereocenters. The number of hydrogen-bond acceptors (Lipinski definition) is 4. The Morgan fingerprint density at radius 3 is 2.74 bits per heavy atom. The monoisotopic (exact) mass is 280 g/mol. The molecule has 1 heterocycles. The van der Waals surface area contributed by atoms with Gasteiger partial charge >= 0.3 is 0 Å². The molecule has 4 nitrogen and oxygen atoms in total. The van der Waals surface area contributed by atoms with Crippen LogP contribution in [0.5, 0.6) is 0 Å². The standard InChI is InChI=1S/C14H20N2O2S/c1-10(17)16-11-3-5-12(6-4-11)19-14-9-18-8-7-13(14)15-2/h3-6,13-15H,7-9H2,1-2H3,(H,16,17). The zero-order valence-corrected chi connectivity index (χ0v) is 12.1. The summed E-state index contributed by atoms with van der Waals surface area (Å²) in [6, 6.07) is 8.44. The van der Waals surface area contributed by atoms with Gasteiger partial charge in [-0.3, -0.25) is 4.79 Å². The molecule has 0 aromatic heterocycles. The van der Waals surface area contributed by atoms with Gasteiger partial charge in [0.05, 0.1) is 6.61 Å². The fourth-order valence-electron chi connectivity index (χ4n) is 2.15. The van der Waals surface area contributed by atoms with Gasteiger partial charge in [-0.25, -0.2) is 0 Å². The molecule has 2 atom stereocenters. The maximum atomic E-state index is 11.0. The highest BCUT2D eigenvalue weighted by molar-refractivity contribution is 8.00. The number of benzene rings is 1. The van der Waals surface area contributed by atoms with E-state index in [1.165, 1.54) is 11.8 Å². The van der Waals surface area contributed by atoms with E-state index in [0.29, 0.717) is 11.3 Å². The minimum atomic E-state index is -0.0451. The summed E-state index contributed by atoms with van der Waals surface area (Å²) in [7, 11) is 2.00. The number of carbonyl (C=O) groups is 1. The van der Waals surface area contributed by atoms with E-state index in [1.54, 1.807) is 0 Å². The zero-order chi connectivity index (χ0) is 13.7. The van der Waals surface area contributed by atoms with Crippen LogP contribution < -0.4 is 10.6 Å². The van der Waals surface area contributed by atoms with Crippen LogP contribution in [0.25, 0.3) is 0 Å². The van der Waals surface area contributed by atoms with Crippen LogP contribution in [0, 0.1) is 0 Å². The number of amides is 1. The third-order valence-corrected chi connectivity index (χ3v) is 4.45. The normalized spacial score (nSPS) is 23.1. The largest absolute Gasteiger partial charge is 0.380 e. The van der Waals surface area contributed by atoms with Crippen molar-refractivity contribution in [1.29, 1.82) is 0 Å². The lowest BCUT2D eigenvalue weighted by Gasteiger charge is -2.30. The summed E-state index contributed by atoms with van der Waals surface area (Å²) in [4.78, 5) is 12.2. The third-order valence-electron chi connectivity index (χ3n) is 3.14. The van der Waals surface area contributed by atoms with Crippen molar-refractivity contribution in [2.75, 3.05) is 25.6 Å². The number of hydrogen-bond donors (Lipinski definition) is 2. The molecule has 1 aromatic carbocycles. The molecule has 2 rings (SSSR count).